The SMILES string of the molecule is CC(=O)CNC(=O)N1CCN(C)CC1.CCCC. The van der Waals surface area contributed by atoms with Gasteiger partial charge in [-0.3, -0.25) is 4.79 Å². The molecule has 0 aromatic heterocycles. The smallest absolute Gasteiger partial charge is 0.317 e. The largest absolute Gasteiger partial charge is 0.331 e. The predicted octanol–water partition coefficient (Wildman–Crippen LogP) is 1.34. The van der Waals surface area contributed by atoms with Gasteiger partial charge in [0.1, 0.15) is 5.78 Å². The van der Waals surface area contributed by atoms with E-state index in [-0.39, 0.29) is 18.4 Å². The number of likely N-dealkylation sites (N-methyl/N-ethyl adjacent to an activating group) is 1. The van der Waals surface area contributed by atoms with Crippen LogP contribution in [0.15, 0.2) is 0 Å². The van der Waals surface area contributed by atoms with E-state index >= 15 is 0 Å². The van der Waals surface area contributed by atoms with Gasteiger partial charge in [-0.15, -0.1) is 0 Å². The molecule has 1 N–H and O–H groups in total. The van der Waals surface area contributed by atoms with Crippen LogP contribution in [-0.4, -0.2) is 61.4 Å². The molecule has 2 amide bonds. The van der Waals surface area contributed by atoms with Crippen LogP contribution >= 0.6 is 0 Å². The number of rotatable bonds is 3. The first-order valence-corrected chi connectivity index (χ1v) is 6.72. The fourth-order valence-corrected chi connectivity index (χ4v) is 1.32. The molecule has 1 saturated heterocycles. The number of hydrogen-bond acceptors (Lipinski definition) is 3. The number of unbranched alkanes of at least 4 members (excludes halogenated alkanes) is 1. The lowest BCUT2D eigenvalue weighted by Gasteiger charge is -2.32. The van der Waals surface area contributed by atoms with Crippen LogP contribution in [0.1, 0.15) is 33.6 Å². The number of carbonyl (C=O) groups excluding carboxylic acids is 2. The molecule has 106 valence electrons. The summed E-state index contributed by atoms with van der Waals surface area (Å²) < 4.78 is 0. The van der Waals surface area contributed by atoms with Crippen molar-refractivity contribution in [1.29, 1.82) is 0 Å². The third-order valence-corrected chi connectivity index (χ3v) is 2.78. The molecule has 1 heterocycles. The van der Waals surface area contributed by atoms with Gasteiger partial charge < -0.3 is 15.1 Å². The van der Waals surface area contributed by atoms with E-state index in [1.807, 2.05) is 7.05 Å². The van der Waals surface area contributed by atoms with Gasteiger partial charge in [-0.05, 0) is 14.0 Å². The number of ketones is 1. The van der Waals surface area contributed by atoms with Crippen molar-refractivity contribution in [3.63, 3.8) is 0 Å². The van der Waals surface area contributed by atoms with Crippen molar-refractivity contribution in [2.24, 2.45) is 0 Å². The van der Waals surface area contributed by atoms with Crippen molar-refractivity contribution >= 4 is 11.8 Å². The summed E-state index contributed by atoms with van der Waals surface area (Å²) in [7, 11) is 2.03. The Bertz CT molecular complexity index is 247. The average molecular weight is 257 g/mol. The minimum absolute atomic E-state index is 0.0209. The first kappa shape index (κ1) is 16.9. The Morgan fingerprint density at radius 2 is 1.56 bits per heavy atom. The number of hydrogen-bond donors (Lipinski definition) is 1. The lowest BCUT2D eigenvalue weighted by molar-refractivity contribution is -0.116. The van der Waals surface area contributed by atoms with Crippen molar-refractivity contribution in [2.75, 3.05) is 39.8 Å². The van der Waals surface area contributed by atoms with Gasteiger partial charge in [-0.25, -0.2) is 4.79 Å². The maximum absolute atomic E-state index is 11.5. The number of nitrogens with one attached hydrogen (secondary N) is 1. The molecule has 1 aliphatic heterocycles. The number of urea groups is 1. The van der Waals surface area contributed by atoms with Gasteiger partial charge in [0.25, 0.3) is 0 Å². The molecule has 18 heavy (non-hydrogen) atoms. The summed E-state index contributed by atoms with van der Waals surface area (Å²) in [5, 5.41) is 2.59. The summed E-state index contributed by atoms with van der Waals surface area (Å²) in [6.07, 6.45) is 2.64. The molecule has 0 saturated carbocycles. The maximum Gasteiger partial charge on any atom is 0.317 e. The van der Waals surface area contributed by atoms with E-state index in [0.717, 1.165) is 26.2 Å². The Morgan fingerprint density at radius 3 is 1.94 bits per heavy atom. The van der Waals surface area contributed by atoms with Crippen molar-refractivity contribution in [3.8, 4) is 0 Å². The fraction of sp³-hybridized carbons (Fsp3) is 0.846. The molecule has 1 fully saturated rings. The Morgan fingerprint density at radius 1 is 1.06 bits per heavy atom. The number of amides is 2. The average Bonchev–Trinajstić information content (AvgIpc) is 2.37. The Hall–Kier alpha value is -1.10. The zero-order valence-electron chi connectivity index (χ0n) is 12.2. The number of carbonyl (C=O) groups is 2. The monoisotopic (exact) mass is 257 g/mol. The van der Waals surface area contributed by atoms with Crippen LogP contribution < -0.4 is 5.32 Å². The molecule has 5 heteroatoms. The quantitative estimate of drug-likeness (QED) is 0.830. The second kappa shape index (κ2) is 9.88. The Balaban J connectivity index is 0.000000631. The van der Waals surface area contributed by atoms with Crippen LogP contribution in [0, 0.1) is 0 Å². The van der Waals surface area contributed by atoms with Crippen LogP contribution in [0.2, 0.25) is 0 Å². The highest BCUT2D eigenvalue weighted by Gasteiger charge is 2.18. The van der Waals surface area contributed by atoms with E-state index in [9.17, 15) is 9.59 Å². The van der Waals surface area contributed by atoms with Gasteiger partial charge in [0.2, 0.25) is 0 Å². The van der Waals surface area contributed by atoms with E-state index in [0.29, 0.717) is 0 Å². The highest BCUT2D eigenvalue weighted by Crippen LogP contribution is 1.98. The molecule has 0 radical (unpaired) electrons. The van der Waals surface area contributed by atoms with Crippen LogP contribution in [-0.2, 0) is 4.79 Å². The summed E-state index contributed by atoms with van der Waals surface area (Å²) in [5.41, 5.74) is 0. The van der Waals surface area contributed by atoms with Crippen LogP contribution in [0.25, 0.3) is 0 Å². The minimum Gasteiger partial charge on any atom is -0.331 e. The molecular formula is C13H27N3O2. The molecule has 1 rings (SSSR count). The van der Waals surface area contributed by atoms with Gasteiger partial charge in [0.05, 0.1) is 6.54 Å². The highest BCUT2D eigenvalue weighted by molar-refractivity contribution is 5.83. The zero-order chi connectivity index (χ0) is 14.0. The van der Waals surface area contributed by atoms with Gasteiger partial charge in [0, 0.05) is 26.2 Å². The zero-order valence-corrected chi connectivity index (χ0v) is 12.2. The molecule has 5 nitrogen and oxygen atoms in total. The Kier molecular flexibility index (Phi) is 9.28. The minimum atomic E-state index is -0.131. The molecule has 0 spiro atoms. The van der Waals surface area contributed by atoms with Gasteiger partial charge >= 0.3 is 6.03 Å². The molecule has 0 aliphatic carbocycles. The van der Waals surface area contributed by atoms with E-state index in [4.69, 9.17) is 0 Å². The molecule has 0 unspecified atom stereocenters. The molecule has 0 bridgehead atoms. The second-order valence-corrected chi connectivity index (χ2v) is 4.65. The molecular weight excluding hydrogens is 230 g/mol. The molecule has 1 aliphatic rings. The lowest BCUT2D eigenvalue weighted by Crippen LogP contribution is -2.51. The standard InChI is InChI=1S/C9H17N3O2.C4H10/c1-8(13)7-10-9(14)12-5-3-11(2)4-6-12;1-3-4-2/h3-7H2,1-2H3,(H,10,14);3-4H2,1-2H3. The van der Waals surface area contributed by atoms with E-state index in [1.54, 1.807) is 4.90 Å². The summed E-state index contributed by atoms with van der Waals surface area (Å²) >= 11 is 0. The third-order valence-electron chi connectivity index (χ3n) is 2.78. The summed E-state index contributed by atoms with van der Waals surface area (Å²) in [6.45, 7) is 9.22. The van der Waals surface area contributed by atoms with Crippen LogP contribution in [0.4, 0.5) is 4.79 Å². The summed E-state index contributed by atoms with van der Waals surface area (Å²) in [5.74, 6) is -0.0209. The van der Waals surface area contributed by atoms with Gasteiger partial charge in [-0.1, -0.05) is 26.7 Å². The van der Waals surface area contributed by atoms with Crippen LogP contribution in [0.3, 0.4) is 0 Å². The fourth-order valence-electron chi connectivity index (χ4n) is 1.32. The van der Waals surface area contributed by atoms with Gasteiger partial charge in [-0.2, -0.15) is 0 Å². The number of nitrogens with zero attached hydrogens (tertiary/aromatic N) is 2. The molecule has 0 aromatic carbocycles. The lowest BCUT2D eigenvalue weighted by atomic mass is 10.3. The van der Waals surface area contributed by atoms with E-state index in [2.05, 4.69) is 24.1 Å². The van der Waals surface area contributed by atoms with Crippen molar-refractivity contribution in [2.45, 2.75) is 33.6 Å². The number of piperazine rings is 1. The van der Waals surface area contributed by atoms with Crippen molar-refractivity contribution in [3.05, 3.63) is 0 Å². The van der Waals surface area contributed by atoms with E-state index in [1.165, 1.54) is 19.8 Å². The first-order valence-electron chi connectivity index (χ1n) is 6.72. The first-order chi connectivity index (χ1) is 8.51. The summed E-state index contributed by atoms with van der Waals surface area (Å²) in [4.78, 5) is 26.0. The topological polar surface area (TPSA) is 52.7 Å². The van der Waals surface area contributed by atoms with Crippen molar-refractivity contribution in [1.82, 2.24) is 15.1 Å². The number of Topliss-reactive ketones (excluding diaryl/α,β-unsaturated/α-hetero) is 1. The maximum atomic E-state index is 11.5. The van der Waals surface area contributed by atoms with Crippen molar-refractivity contribution < 1.29 is 9.59 Å². The Labute approximate surface area is 111 Å². The predicted molar refractivity (Wildman–Crippen MR) is 73.7 cm³/mol. The highest BCUT2D eigenvalue weighted by atomic mass is 16.2. The van der Waals surface area contributed by atoms with Gasteiger partial charge in [0.15, 0.2) is 0 Å². The molecule has 0 aromatic rings. The van der Waals surface area contributed by atoms with E-state index < -0.39 is 0 Å². The third kappa shape index (κ3) is 8.06. The second-order valence-electron chi connectivity index (χ2n) is 4.65. The normalized spacial score (nSPS) is 15.7. The summed E-state index contributed by atoms with van der Waals surface area (Å²) in [6, 6.07) is -0.131. The van der Waals surface area contributed by atoms with Crippen LogP contribution in [0.5, 0.6) is 0 Å². The molecule has 0 atom stereocenters.